The van der Waals surface area contributed by atoms with E-state index in [0.29, 0.717) is 37.9 Å². The van der Waals surface area contributed by atoms with Gasteiger partial charge in [0, 0.05) is 25.0 Å². The van der Waals surface area contributed by atoms with E-state index >= 15 is 0 Å². The Bertz CT molecular complexity index is 1150. The number of unbranched alkanes of at least 4 members (excludes halogenated alkanes) is 18. The molecule has 0 aliphatic rings. The van der Waals surface area contributed by atoms with Crippen LogP contribution in [0.15, 0.2) is 24.3 Å². The van der Waals surface area contributed by atoms with Gasteiger partial charge in [-0.2, -0.15) is 0 Å². The van der Waals surface area contributed by atoms with Crippen LogP contribution in [0.25, 0.3) is 0 Å². The summed E-state index contributed by atoms with van der Waals surface area (Å²) in [6.45, 7) is 10.0. The number of non-ortho nitro benzene ring substituents is 1. The van der Waals surface area contributed by atoms with E-state index < -0.39 is 11.1 Å². The van der Waals surface area contributed by atoms with Crippen LogP contribution >= 0.6 is 0 Å². The molecule has 0 aromatic heterocycles. The maximum atomic E-state index is 12.7. The largest absolute Gasteiger partial charge is 0.514 e. The fourth-order valence-electron chi connectivity index (χ4n) is 7.74. The highest BCUT2D eigenvalue weighted by molar-refractivity contribution is 5.69. The van der Waals surface area contributed by atoms with Crippen molar-refractivity contribution in [2.24, 2.45) is 11.8 Å². The summed E-state index contributed by atoms with van der Waals surface area (Å²) in [4.78, 5) is 48.1. The lowest BCUT2D eigenvalue weighted by Gasteiger charge is -2.18. The summed E-state index contributed by atoms with van der Waals surface area (Å²) in [7, 11) is 0. The Balaban J connectivity index is 2.40. The van der Waals surface area contributed by atoms with Crippen LogP contribution in [0.1, 0.15) is 233 Å². The number of benzene rings is 1. The zero-order valence-electron chi connectivity index (χ0n) is 38.7. The Hall–Kier alpha value is -3.17. The first-order valence-electron chi connectivity index (χ1n) is 24.7. The smallest absolute Gasteiger partial charge is 0.465 e. The molecule has 2 atom stereocenters. The number of rotatable bonds is 41. The third-order valence-electron chi connectivity index (χ3n) is 11.6. The van der Waals surface area contributed by atoms with E-state index in [4.69, 9.17) is 18.9 Å². The molecule has 0 spiro atoms. The van der Waals surface area contributed by atoms with Crippen molar-refractivity contribution in [2.45, 2.75) is 239 Å². The van der Waals surface area contributed by atoms with Gasteiger partial charge in [-0.25, -0.2) is 4.79 Å². The number of nitro groups is 1. The lowest BCUT2D eigenvalue weighted by atomic mass is 9.96. The summed E-state index contributed by atoms with van der Waals surface area (Å²) in [6.07, 6.45) is 32.4. The summed E-state index contributed by atoms with van der Waals surface area (Å²) in [5.74, 6) is 1.04. The van der Waals surface area contributed by atoms with Crippen molar-refractivity contribution in [1.29, 1.82) is 0 Å². The van der Waals surface area contributed by atoms with Crippen LogP contribution in [-0.2, 0) is 23.8 Å². The number of hydrogen-bond acceptors (Lipinski definition) is 9. The lowest BCUT2D eigenvalue weighted by Crippen LogP contribution is -2.21. The molecule has 0 amide bonds. The number of nitro benzene ring substituents is 1. The van der Waals surface area contributed by atoms with Gasteiger partial charge >= 0.3 is 18.1 Å². The highest BCUT2D eigenvalue weighted by Crippen LogP contribution is 2.23. The summed E-state index contributed by atoms with van der Waals surface area (Å²) in [5, 5.41) is 11.0. The molecule has 60 heavy (non-hydrogen) atoms. The van der Waals surface area contributed by atoms with Crippen LogP contribution in [0.5, 0.6) is 5.75 Å². The molecule has 0 saturated carbocycles. The molecule has 0 heterocycles. The quantitative estimate of drug-likeness (QED) is 0.0158. The van der Waals surface area contributed by atoms with Crippen molar-refractivity contribution >= 4 is 23.8 Å². The van der Waals surface area contributed by atoms with E-state index in [2.05, 4.69) is 27.7 Å². The molecule has 1 aromatic rings. The van der Waals surface area contributed by atoms with E-state index in [1.807, 2.05) is 0 Å². The molecule has 0 fully saturated rings. The van der Waals surface area contributed by atoms with E-state index in [0.717, 1.165) is 116 Å². The maximum absolute atomic E-state index is 12.7. The molecule has 2 unspecified atom stereocenters. The van der Waals surface area contributed by atoms with Gasteiger partial charge in [0.2, 0.25) is 0 Å². The van der Waals surface area contributed by atoms with Crippen molar-refractivity contribution in [3.05, 3.63) is 34.4 Å². The zero-order chi connectivity index (χ0) is 43.9. The fraction of sp³-hybridized carbons (Fsp3) is 0.820. The van der Waals surface area contributed by atoms with Crippen LogP contribution in [0.3, 0.4) is 0 Å². The van der Waals surface area contributed by atoms with E-state index in [1.54, 1.807) is 0 Å². The maximum Gasteiger partial charge on any atom is 0.514 e. The fourth-order valence-corrected chi connectivity index (χ4v) is 7.74. The summed E-state index contributed by atoms with van der Waals surface area (Å²) in [5.41, 5.74) is -0.0765. The number of ether oxygens (including phenoxy) is 4. The Morgan fingerprint density at radius 1 is 0.500 bits per heavy atom. The molecule has 0 aliphatic carbocycles. The standard InChI is InChI=1S/C50H87NO9/c1-5-9-13-23-31-43(29-11-7-3)41-57-48(52)35-27-21-17-15-19-25-33-46(59-50(54)60-47-39-37-45(38-40-47)51(55)56)34-26-20-16-18-22-28-36-49(53)58-42-44(30-12-8-4)32-24-14-10-6-2/h37-40,43-44,46H,5-36,41-42H2,1-4H3. The van der Waals surface area contributed by atoms with Crippen LogP contribution in [0.2, 0.25) is 0 Å². The van der Waals surface area contributed by atoms with Gasteiger partial charge in [-0.3, -0.25) is 19.7 Å². The molecule has 0 aliphatic heterocycles. The number of carbonyl (C=O) groups is 3. The van der Waals surface area contributed by atoms with Crippen molar-refractivity contribution in [1.82, 2.24) is 0 Å². The predicted octanol–water partition coefficient (Wildman–Crippen LogP) is 15.4. The molecule has 0 radical (unpaired) electrons. The third kappa shape index (κ3) is 31.7. The second-order valence-electron chi connectivity index (χ2n) is 17.2. The van der Waals surface area contributed by atoms with E-state index in [-0.39, 0.29) is 29.5 Å². The van der Waals surface area contributed by atoms with Crippen LogP contribution in [0.4, 0.5) is 10.5 Å². The zero-order valence-corrected chi connectivity index (χ0v) is 38.7. The topological polar surface area (TPSA) is 131 Å². The average Bonchev–Trinajstić information content (AvgIpc) is 3.24. The highest BCUT2D eigenvalue weighted by Gasteiger charge is 2.18. The van der Waals surface area contributed by atoms with Gasteiger partial charge < -0.3 is 18.9 Å². The van der Waals surface area contributed by atoms with Gasteiger partial charge in [0.1, 0.15) is 11.9 Å². The average molecular weight is 846 g/mol. The predicted molar refractivity (Wildman–Crippen MR) is 243 cm³/mol. The third-order valence-corrected chi connectivity index (χ3v) is 11.6. The SMILES string of the molecule is CCCCCCC(CCCC)COC(=O)CCCCCCCCC(CCCCCCCCC(=O)OCC(CCCC)CCCCCC)OC(=O)Oc1ccc([N+](=O)[O-])cc1. The second kappa shape index (κ2) is 38.7. The Morgan fingerprint density at radius 3 is 1.28 bits per heavy atom. The number of hydrogen-bond donors (Lipinski definition) is 0. The van der Waals surface area contributed by atoms with E-state index in [9.17, 15) is 24.5 Å². The summed E-state index contributed by atoms with van der Waals surface area (Å²) < 4.78 is 22.5. The first-order chi connectivity index (χ1) is 29.2. The first-order valence-corrected chi connectivity index (χ1v) is 24.7. The van der Waals surface area contributed by atoms with Gasteiger partial charge in [0.15, 0.2) is 0 Å². The Morgan fingerprint density at radius 2 is 0.867 bits per heavy atom. The molecule has 0 N–H and O–H groups in total. The minimum absolute atomic E-state index is 0.0692. The minimum Gasteiger partial charge on any atom is -0.465 e. The highest BCUT2D eigenvalue weighted by atomic mass is 16.7. The van der Waals surface area contributed by atoms with Gasteiger partial charge in [0.05, 0.1) is 18.1 Å². The molecule has 1 rings (SSSR count). The molecule has 10 heteroatoms. The number of carbonyl (C=O) groups excluding carboxylic acids is 3. The van der Waals surface area contributed by atoms with Gasteiger partial charge in [-0.1, -0.05) is 156 Å². The molecule has 0 bridgehead atoms. The minimum atomic E-state index is -0.797. The molecule has 10 nitrogen and oxygen atoms in total. The van der Waals surface area contributed by atoms with Crippen molar-refractivity contribution < 1.29 is 38.3 Å². The van der Waals surface area contributed by atoms with Crippen molar-refractivity contribution in [3.8, 4) is 5.75 Å². The Labute approximate surface area is 365 Å². The van der Waals surface area contributed by atoms with Crippen LogP contribution in [-0.4, -0.2) is 42.3 Å². The van der Waals surface area contributed by atoms with Crippen LogP contribution in [0, 0.1) is 22.0 Å². The molecule has 1 aromatic carbocycles. The summed E-state index contributed by atoms with van der Waals surface area (Å²) in [6, 6.07) is 5.39. The molecule has 346 valence electrons. The lowest BCUT2D eigenvalue weighted by molar-refractivity contribution is -0.384. The molecular formula is C50H87NO9. The van der Waals surface area contributed by atoms with Gasteiger partial charge in [-0.05, 0) is 88.2 Å². The van der Waals surface area contributed by atoms with Crippen LogP contribution < -0.4 is 4.74 Å². The van der Waals surface area contributed by atoms with E-state index in [1.165, 1.54) is 101 Å². The summed E-state index contributed by atoms with van der Waals surface area (Å²) >= 11 is 0. The molecule has 0 saturated heterocycles. The second-order valence-corrected chi connectivity index (χ2v) is 17.2. The first kappa shape index (κ1) is 54.8. The number of nitrogens with zero attached hydrogens (tertiary/aromatic N) is 1. The number of esters is 2. The molecular weight excluding hydrogens is 759 g/mol. The van der Waals surface area contributed by atoms with Crippen molar-refractivity contribution in [2.75, 3.05) is 13.2 Å². The normalized spacial score (nSPS) is 12.7. The van der Waals surface area contributed by atoms with Crippen molar-refractivity contribution in [3.63, 3.8) is 0 Å². The van der Waals surface area contributed by atoms with Gasteiger partial charge in [-0.15, -0.1) is 0 Å². The Kier molecular flexibility index (Phi) is 35.4. The van der Waals surface area contributed by atoms with Gasteiger partial charge in [0.25, 0.3) is 5.69 Å². The monoisotopic (exact) mass is 846 g/mol.